The van der Waals surface area contributed by atoms with Crippen molar-refractivity contribution < 1.29 is 0 Å². The van der Waals surface area contributed by atoms with Crippen molar-refractivity contribution in [1.29, 1.82) is 0 Å². The fraction of sp³-hybridized carbons (Fsp3) is 0.875. The highest BCUT2D eigenvalue weighted by Gasteiger charge is 2.17. The smallest absolute Gasteiger partial charge is 0.0345 e. The molecule has 0 aliphatic heterocycles. The van der Waals surface area contributed by atoms with Gasteiger partial charge in [0.1, 0.15) is 0 Å². The lowest BCUT2D eigenvalue weighted by molar-refractivity contribution is 0.515. The van der Waals surface area contributed by atoms with Crippen LogP contribution in [0.4, 0.5) is 0 Å². The normalized spacial score (nSPS) is 25.1. The molecule has 2 heteroatoms. The maximum Gasteiger partial charge on any atom is 0.0345 e. The van der Waals surface area contributed by atoms with Gasteiger partial charge >= 0.3 is 0 Å². The van der Waals surface area contributed by atoms with Gasteiger partial charge in [-0.25, -0.2) is 0 Å². The van der Waals surface area contributed by atoms with Crippen LogP contribution in [-0.4, -0.2) is 17.0 Å². The van der Waals surface area contributed by atoms with E-state index in [2.05, 4.69) is 17.8 Å². The molecule has 1 saturated carbocycles. The highest BCUT2D eigenvalue weighted by Crippen LogP contribution is 2.29. The van der Waals surface area contributed by atoms with Crippen LogP contribution in [0.2, 0.25) is 0 Å². The lowest BCUT2D eigenvalue weighted by Crippen LogP contribution is -2.27. The van der Waals surface area contributed by atoms with Crippen LogP contribution in [-0.2, 0) is 0 Å². The fourth-order valence-corrected chi connectivity index (χ4v) is 4.49. The minimum absolute atomic E-state index is 0.329. The van der Waals surface area contributed by atoms with E-state index in [0.29, 0.717) is 6.04 Å². The van der Waals surface area contributed by atoms with Crippen LogP contribution in [0.25, 0.3) is 0 Å². The minimum Gasteiger partial charge on any atom is -0.324 e. The first kappa shape index (κ1) is 14.5. The monoisotopic (exact) mass is 267 g/mol. The maximum absolute atomic E-state index is 6.40. The van der Waals surface area contributed by atoms with Crippen LogP contribution in [0.15, 0.2) is 11.6 Å². The van der Waals surface area contributed by atoms with Crippen molar-refractivity contribution in [2.45, 2.75) is 81.9 Å². The van der Waals surface area contributed by atoms with Crippen LogP contribution in [0.3, 0.4) is 0 Å². The first-order valence-corrected chi connectivity index (χ1v) is 8.97. The Labute approximate surface area is 117 Å². The molecule has 2 aliphatic rings. The van der Waals surface area contributed by atoms with E-state index in [0.717, 1.165) is 11.0 Å². The highest BCUT2D eigenvalue weighted by molar-refractivity contribution is 7.99. The van der Waals surface area contributed by atoms with Crippen molar-refractivity contribution in [2.24, 2.45) is 5.73 Å². The summed E-state index contributed by atoms with van der Waals surface area (Å²) in [7, 11) is 0. The van der Waals surface area contributed by atoms with Gasteiger partial charge in [0.05, 0.1) is 0 Å². The molecule has 2 N–H and O–H groups in total. The van der Waals surface area contributed by atoms with Crippen molar-refractivity contribution in [1.82, 2.24) is 0 Å². The second-order valence-corrected chi connectivity index (χ2v) is 7.27. The molecule has 1 nitrogen and oxygen atoms in total. The molecule has 0 aromatic rings. The van der Waals surface area contributed by atoms with Gasteiger partial charge < -0.3 is 5.73 Å². The maximum atomic E-state index is 6.40. The summed E-state index contributed by atoms with van der Waals surface area (Å²) in [5.74, 6) is 1.15. The zero-order valence-corrected chi connectivity index (χ0v) is 12.5. The molecule has 0 spiro atoms. The highest BCUT2D eigenvalue weighted by atomic mass is 32.2. The van der Waals surface area contributed by atoms with E-state index < -0.39 is 0 Å². The molecule has 0 aromatic heterocycles. The Morgan fingerprint density at radius 2 is 1.78 bits per heavy atom. The number of rotatable bonds is 4. The fourth-order valence-electron chi connectivity index (χ4n) is 3.13. The topological polar surface area (TPSA) is 26.0 Å². The van der Waals surface area contributed by atoms with Crippen molar-refractivity contribution in [3.8, 4) is 0 Å². The molecule has 104 valence electrons. The average Bonchev–Trinajstić information content (AvgIpc) is 2.37. The SMILES string of the molecule is NC(CSC1CCCCC1)C1=CCCCCCC1. The predicted octanol–water partition coefficient (Wildman–Crippen LogP) is 4.66. The number of hydrogen-bond donors (Lipinski definition) is 1. The van der Waals surface area contributed by atoms with Crippen molar-refractivity contribution in [3.05, 3.63) is 11.6 Å². The van der Waals surface area contributed by atoms with Crippen LogP contribution in [0.5, 0.6) is 0 Å². The standard InChI is InChI=1S/C16H29NS/c17-16(13-18-15-11-7-4-8-12-15)14-9-5-2-1-3-6-10-14/h9,15-16H,1-8,10-13,17H2. The Kier molecular flexibility index (Phi) is 6.64. The van der Waals surface area contributed by atoms with Crippen molar-refractivity contribution in [2.75, 3.05) is 5.75 Å². The van der Waals surface area contributed by atoms with Gasteiger partial charge in [0.25, 0.3) is 0 Å². The van der Waals surface area contributed by atoms with Crippen molar-refractivity contribution in [3.63, 3.8) is 0 Å². The first-order chi connectivity index (χ1) is 8.86. The van der Waals surface area contributed by atoms with Gasteiger partial charge in [-0.2, -0.15) is 11.8 Å². The van der Waals surface area contributed by atoms with Gasteiger partial charge in [-0.05, 0) is 38.5 Å². The summed E-state index contributed by atoms with van der Waals surface area (Å²) in [5, 5.41) is 0.902. The molecule has 1 fully saturated rings. The average molecular weight is 267 g/mol. The number of thioether (sulfide) groups is 1. The van der Waals surface area contributed by atoms with Crippen LogP contribution in [0.1, 0.15) is 70.6 Å². The van der Waals surface area contributed by atoms with Crippen molar-refractivity contribution >= 4 is 11.8 Å². The summed E-state index contributed by atoms with van der Waals surface area (Å²) in [5.41, 5.74) is 7.95. The molecule has 0 heterocycles. The van der Waals surface area contributed by atoms with E-state index >= 15 is 0 Å². The molecular formula is C16H29NS. The van der Waals surface area contributed by atoms with Gasteiger partial charge in [0.15, 0.2) is 0 Å². The molecule has 0 saturated heterocycles. The lowest BCUT2D eigenvalue weighted by Gasteiger charge is -2.24. The summed E-state index contributed by atoms with van der Waals surface area (Å²) in [4.78, 5) is 0. The Balaban J connectivity index is 1.73. The number of allylic oxidation sites excluding steroid dienone is 1. The molecule has 0 bridgehead atoms. The van der Waals surface area contributed by atoms with Gasteiger partial charge in [-0.15, -0.1) is 0 Å². The zero-order chi connectivity index (χ0) is 12.6. The third kappa shape index (κ3) is 4.97. The predicted molar refractivity (Wildman–Crippen MR) is 83.1 cm³/mol. The van der Waals surface area contributed by atoms with Crippen LogP contribution in [0, 0.1) is 0 Å². The third-order valence-electron chi connectivity index (χ3n) is 4.37. The summed E-state index contributed by atoms with van der Waals surface area (Å²) in [6.45, 7) is 0. The van der Waals surface area contributed by atoms with Crippen LogP contribution >= 0.6 is 11.8 Å². The molecule has 1 unspecified atom stereocenters. The van der Waals surface area contributed by atoms with E-state index in [9.17, 15) is 0 Å². The van der Waals surface area contributed by atoms with E-state index in [-0.39, 0.29) is 0 Å². The summed E-state index contributed by atoms with van der Waals surface area (Å²) < 4.78 is 0. The quantitative estimate of drug-likeness (QED) is 0.750. The minimum atomic E-state index is 0.329. The van der Waals surface area contributed by atoms with Gasteiger partial charge in [-0.3, -0.25) is 0 Å². The molecule has 0 aromatic carbocycles. The molecule has 1 atom stereocenters. The number of hydrogen-bond acceptors (Lipinski definition) is 2. The molecular weight excluding hydrogens is 238 g/mol. The lowest BCUT2D eigenvalue weighted by atomic mass is 9.96. The molecule has 18 heavy (non-hydrogen) atoms. The second-order valence-electron chi connectivity index (χ2n) is 5.93. The summed E-state index contributed by atoms with van der Waals surface area (Å²) >= 11 is 2.15. The van der Waals surface area contributed by atoms with Crippen LogP contribution < -0.4 is 5.73 Å². The Morgan fingerprint density at radius 3 is 2.61 bits per heavy atom. The molecule has 2 rings (SSSR count). The first-order valence-electron chi connectivity index (χ1n) is 7.92. The largest absolute Gasteiger partial charge is 0.324 e. The second kappa shape index (κ2) is 8.27. The summed E-state index contributed by atoms with van der Waals surface area (Å²) in [6.07, 6.45) is 17.7. The van der Waals surface area contributed by atoms with E-state index in [4.69, 9.17) is 5.73 Å². The van der Waals surface area contributed by atoms with Gasteiger partial charge in [-0.1, -0.05) is 43.8 Å². The van der Waals surface area contributed by atoms with E-state index in [1.165, 1.54) is 70.6 Å². The van der Waals surface area contributed by atoms with E-state index in [1.807, 2.05) is 0 Å². The molecule has 2 aliphatic carbocycles. The van der Waals surface area contributed by atoms with E-state index in [1.54, 1.807) is 5.57 Å². The zero-order valence-electron chi connectivity index (χ0n) is 11.7. The Morgan fingerprint density at radius 1 is 1.06 bits per heavy atom. The Bertz CT molecular complexity index is 256. The van der Waals surface area contributed by atoms with Gasteiger partial charge in [0, 0.05) is 17.0 Å². The van der Waals surface area contributed by atoms with Gasteiger partial charge in [0.2, 0.25) is 0 Å². The third-order valence-corrected chi connectivity index (χ3v) is 5.86. The molecule has 0 radical (unpaired) electrons. The molecule has 0 amide bonds. The number of nitrogens with two attached hydrogens (primary N) is 1. The summed E-state index contributed by atoms with van der Waals surface area (Å²) in [6, 6.07) is 0.329. The Hall–Kier alpha value is 0.0500.